The molecule has 0 aliphatic rings. The second-order valence-corrected chi connectivity index (χ2v) is 4.11. The van der Waals surface area contributed by atoms with Crippen LogP contribution in [0.4, 0.5) is 5.82 Å². The summed E-state index contributed by atoms with van der Waals surface area (Å²) in [5, 5.41) is 0. The fraction of sp³-hybridized carbons (Fsp3) is 0.286. The molecule has 0 saturated carbocycles. The molecular weight excluding hydrogens is 210 g/mol. The molecule has 1 aromatic carbocycles. The molecule has 0 radical (unpaired) electrons. The van der Waals surface area contributed by atoms with Gasteiger partial charge in [-0.2, -0.15) is 0 Å². The third-order valence-electron chi connectivity index (χ3n) is 2.71. The Morgan fingerprint density at radius 1 is 1.12 bits per heavy atom. The van der Waals surface area contributed by atoms with Gasteiger partial charge in [-0.05, 0) is 24.5 Å². The van der Waals surface area contributed by atoms with Crippen LogP contribution in [0.15, 0.2) is 36.5 Å². The summed E-state index contributed by atoms with van der Waals surface area (Å²) in [5.74, 6) is 1.19. The Morgan fingerprint density at radius 3 is 2.53 bits per heavy atom. The zero-order valence-electron chi connectivity index (χ0n) is 10.1. The molecule has 0 fully saturated rings. The smallest absolute Gasteiger partial charge is 0.161 e. The van der Waals surface area contributed by atoms with Gasteiger partial charge >= 0.3 is 0 Å². The van der Waals surface area contributed by atoms with Crippen molar-refractivity contribution in [2.75, 3.05) is 5.73 Å². The van der Waals surface area contributed by atoms with Gasteiger partial charge in [0.2, 0.25) is 0 Å². The van der Waals surface area contributed by atoms with Gasteiger partial charge in [0, 0.05) is 11.8 Å². The van der Waals surface area contributed by atoms with E-state index in [1.807, 2.05) is 0 Å². The summed E-state index contributed by atoms with van der Waals surface area (Å²) in [5.41, 5.74) is 8.01. The van der Waals surface area contributed by atoms with Gasteiger partial charge in [0.1, 0.15) is 5.82 Å². The van der Waals surface area contributed by atoms with Crippen molar-refractivity contribution >= 4 is 5.82 Å². The summed E-state index contributed by atoms with van der Waals surface area (Å²) in [6.45, 7) is 2.20. The van der Waals surface area contributed by atoms with Crippen LogP contribution in [0.3, 0.4) is 0 Å². The van der Waals surface area contributed by atoms with Crippen LogP contribution in [0.1, 0.15) is 25.3 Å². The number of benzene rings is 1. The van der Waals surface area contributed by atoms with E-state index in [4.69, 9.17) is 5.73 Å². The normalized spacial score (nSPS) is 10.4. The molecule has 88 valence electrons. The molecule has 0 spiro atoms. The molecule has 1 heterocycles. The van der Waals surface area contributed by atoms with Gasteiger partial charge in [0.25, 0.3) is 0 Å². The van der Waals surface area contributed by atoms with Crippen molar-refractivity contribution in [3.63, 3.8) is 0 Å². The lowest BCUT2D eigenvalue weighted by molar-refractivity contribution is 0.795. The lowest BCUT2D eigenvalue weighted by Gasteiger charge is -2.03. The Kier molecular flexibility index (Phi) is 3.70. The first-order valence-electron chi connectivity index (χ1n) is 5.97. The summed E-state index contributed by atoms with van der Waals surface area (Å²) in [6.07, 6.45) is 5.27. The Balaban J connectivity index is 2.17. The second-order valence-electron chi connectivity index (χ2n) is 4.11. The van der Waals surface area contributed by atoms with Gasteiger partial charge in [-0.15, -0.1) is 0 Å². The third kappa shape index (κ3) is 3.03. The largest absolute Gasteiger partial charge is 0.384 e. The number of rotatable bonds is 4. The number of hydrogen-bond donors (Lipinski definition) is 1. The van der Waals surface area contributed by atoms with E-state index >= 15 is 0 Å². The summed E-state index contributed by atoms with van der Waals surface area (Å²) >= 11 is 0. The summed E-state index contributed by atoms with van der Waals surface area (Å²) in [6, 6.07) is 10.1. The molecule has 17 heavy (non-hydrogen) atoms. The van der Waals surface area contributed by atoms with Crippen LogP contribution in [0, 0.1) is 0 Å². The highest BCUT2D eigenvalue weighted by atomic mass is 14.9. The van der Waals surface area contributed by atoms with Crippen LogP contribution in [-0.2, 0) is 6.42 Å². The molecule has 2 rings (SSSR count). The lowest BCUT2D eigenvalue weighted by atomic mass is 10.1. The van der Waals surface area contributed by atoms with Crippen molar-refractivity contribution in [1.29, 1.82) is 0 Å². The van der Waals surface area contributed by atoms with E-state index in [0.29, 0.717) is 11.6 Å². The number of hydrogen-bond acceptors (Lipinski definition) is 3. The number of unbranched alkanes of at least 4 members (excludes halogenated alkanes) is 1. The van der Waals surface area contributed by atoms with Gasteiger partial charge in [0.05, 0.1) is 0 Å². The fourth-order valence-corrected chi connectivity index (χ4v) is 1.71. The molecular formula is C14H17N3. The molecule has 0 saturated heterocycles. The number of aryl methyl sites for hydroxylation is 1. The maximum absolute atomic E-state index is 5.64. The molecule has 2 N–H and O–H groups in total. The molecule has 0 aliphatic heterocycles. The number of aromatic nitrogens is 2. The molecule has 3 nitrogen and oxygen atoms in total. The van der Waals surface area contributed by atoms with E-state index in [1.165, 1.54) is 18.4 Å². The van der Waals surface area contributed by atoms with Crippen LogP contribution in [0.25, 0.3) is 11.4 Å². The number of nitrogens with zero attached hydrogens (tertiary/aromatic N) is 2. The topological polar surface area (TPSA) is 51.8 Å². The van der Waals surface area contributed by atoms with E-state index in [-0.39, 0.29) is 0 Å². The number of anilines is 1. The van der Waals surface area contributed by atoms with Gasteiger partial charge in [-0.1, -0.05) is 37.6 Å². The van der Waals surface area contributed by atoms with Crippen LogP contribution in [0.2, 0.25) is 0 Å². The van der Waals surface area contributed by atoms with Crippen molar-refractivity contribution in [2.24, 2.45) is 0 Å². The summed E-state index contributed by atoms with van der Waals surface area (Å²) < 4.78 is 0. The van der Waals surface area contributed by atoms with Gasteiger partial charge < -0.3 is 5.73 Å². The van der Waals surface area contributed by atoms with Crippen molar-refractivity contribution < 1.29 is 0 Å². The van der Waals surface area contributed by atoms with Crippen molar-refractivity contribution in [2.45, 2.75) is 26.2 Å². The van der Waals surface area contributed by atoms with E-state index in [2.05, 4.69) is 41.2 Å². The van der Waals surface area contributed by atoms with E-state index in [0.717, 1.165) is 12.0 Å². The summed E-state index contributed by atoms with van der Waals surface area (Å²) in [7, 11) is 0. The Hall–Kier alpha value is -1.90. The minimum Gasteiger partial charge on any atom is -0.384 e. The molecule has 2 aromatic rings. The summed E-state index contributed by atoms with van der Waals surface area (Å²) in [4.78, 5) is 8.41. The first kappa shape index (κ1) is 11.6. The first-order chi connectivity index (χ1) is 8.29. The molecule has 3 heteroatoms. The average Bonchev–Trinajstić information content (AvgIpc) is 2.37. The Morgan fingerprint density at radius 2 is 1.88 bits per heavy atom. The fourth-order valence-electron chi connectivity index (χ4n) is 1.71. The number of nitrogens with two attached hydrogens (primary N) is 1. The second kappa shape index (κ2) is 5.43. The van der Waals surface area contributed by atoms with E-state index in [9.17, 15) is 0 Å². The van der Waals surface area contributed by atoms with Gasteiger partial charge in [-0.3, -0.25) is 0 Å². The van der Waals surface area contributed by atoms with Crippen molar-refractivity contribution in [1.82, 2.24) is 9.97 Å². The maximum atomic E-state index is 5.64. The molecule has 0 unspecified atom stereocenters. The minimum atomic E-state index is 0.505. The zero-order valence-corrected chi connectivity index (χ0v) is 10.1. The van der Waals surface area contributed by atoms with Crippen LogP contribution < -0.4 is 5.73 Å². The highest BCUT2D eigenvalue weighted by molar-refractivity contribution is 5.56. The van der Waals surface area contributed by atoms with Crippen LogP contribution in [0.5, 0.6) is 0 Å². The standard InChI is InChI=1S/C14H17N3/c1-2-3-4-11-5-7-12(8-6-11)14-16-10-9-13(15)17-14/h5-10H,2-4H2,1H3,(H2,15,16,17). The lowest BCUT2D eigenvalue weighted by Crippen LogP contribution is -1.94. The Labute approximate surface area is 102 Å². The highest BCUT2D eigenvalue weighted by Crippen LogP contribution is 2.17. The van der Waals surface area contributed by atoms with E-state index < -0.39 is 0 Å². The molecule has 0 aliphatic carbocycles. The monoisotopic (exact) mass is 227 g/mol. The zero-order chi connectivity index (χ0) is 12.1. The first-order valence-corrected chi connectivity index (χ1v) is 5.97. The highest BCUT2D eigenvalue weighted by Gasteiger charge is 2.01. The van der Waals surface area contributed by atoms with Crippen molar-refractivity contribution in [3.8, 4) is 11.4 Å². The average molecular weight is 227 g/mol. The molecule has 0 bridgehead atoms. The third-order valence-corrected chi connectivity index (χ3v) is 2.71. The quantitative estimate of drug-likeness (QED) is 0.873. The molecule has 0 atom stereocenters. The van der Waals surface area contributed by atoms with Gasteiger partial charge in [-0.25, -0.2) is 9.97 Å². The van der Waals surface area contributed by atoms with E-state index in [1.54, 1.807) is 12.3 Å². The van der Waals surface area contributed by atoms with Crippen LogP contribution in [-0.4, -0.2) is 9.97 Å². The molecule has 0 amide bonds. The predicted octanol–water partition coefficient (Wildman–Crippen LogP) is 3.07. The van der Waals surface area contributed by atoms with Gasteiger partial charge in [0.15, 0.2) is 5.82 Å². The SMILES string of the molecule is CCCCc1ccc(-c2nccc(N)n2)cc1. The number of nitrogen functional groups attached to an aromatic ring is 1. The van der Waals surface area contributed by atoms with Crippen molar-refractivity contribution in [3.05, 3.63) is 42.1 Å². The van der Waals surface area contributed by atoms with Crippen LogP contribution >= 0.6 is 0 Å². The maximum Gasteiger partial charge on any atom is 0.161 e. The Bertz CT molecular complexity index is 477. The minimum absolute atomic E-state index is 0.505. The predicted molar refractivity (Wildman–Crippen MR) is 70.5 cm³/mol. The molecule has 1 aromatic heterocycles.